The van der Waals surface area contributed by atoms with Gasteiger partial charge in [-0.1, -0.05) is 36.4 Å². The molecule has 0 N–H and O–H groups in total. The maximum Gasteiger partial charge on any atom is 0.120 e. The van der Waals surface area contributed by atoms with Crippen LogP contribution in [0.5, 0.6) is 5.75 Å². The number of hydrogen-bond donors (Lipinski definition) is 0. The normalized spacial score (nSPS) is 11.1. The van der Waals surface area contributed by atoms with Crippen molar-refractivity contribution in [2.75, 3.05) is 7.11 Å². The zero-order chi connectivity index (χ0) is 14.2. The molecule has 0 aliphatic carbocycles. The number of methoxy groups -OCH3 is 1. The molecule has 0 amide bonds. The summed E-state index contributed by atoms with van der Waals surface area (Å²) in [5, 5.41) is 3.83. The summed E-state index contributed by atoms with van der Waals surface area (Å²) < 4.78 is 6.56. The van der Waals surface area contributed by atoms with Gasteiger partial charge >= 0.3 is 0 Å². The highest BCUT2D eigenvalue weighted by atomic mass is 32.1. The summed E-state index contributed by atoms with van der Waals surface area (Å²) in [5.74, 6) is 0.911. The highest BCUT2D eigenvalue weighted by Gasteiger charge is 2.06. The smallest absolute Gasteiger partial charge is 0.120 e. The van der Waals surface area contributed by atoms with Crippen LogP contribution in [-0.4, -0.2) is 7.11 Å². The van der Waals surface area contributed by atoms with Crippen molar-refractivity contribution in [3.8, 4) is 16.2 Å². The summed E-state index contributed by atoms with van der Waals surface area (Å²) in [6.45, 7) is 0. The van der Waals surface area contributed by atoms with E-state index in [1.165, 1.54) is 31.3 Å². The Bertz CT molecular complexity index is 937. The number of thiophene rings is 1. The van der Waals surface area contributed by atoms with Crippen LogP contribution in [0, 0.1) is 0 Å². The Morgan fingerprint density at radius 3 is 2.43 bits per heavy atom. The number of fused-ring (bicyclic) bond motifs is 2. The molecule has 0 atom stereocenters. The molecule has 0 aliphatic heterocycles. The minimum atomic E-state index is 0.911. The zero-order valence-electron chi connectivity index (χ0n) is 11.7. The minimum Gasteiger partial charge on any atom is -0.497 e. The van der Waals surface area contributed by atoms with E-state index in [0.717, 1.165) is 5.75 Å². The van der Waals surface area contributed by atoms with E-state index >= 15 is 0 Å². The average Bonchev–Trinajstić information content (AvgIpc) is 2.97. The van der Waals surface area contributed by atoms with Crippen LogP contribution in [0.25, 0.3) is 31.3 Å². The van der Waals surface area contributed by atoms with Crippen LogP contribution in [0.2, 0.25) is 0 Å². The van der Waals surface area contributed by atoms with Crippen LogP contribution in [0.15, 0.2) is 66.7 Å². The monoisotopic (exact) mass is 290 g/mol. The van der Waals surface area contributed by atoms with Crippen LogP contribution in [0.3, 0.4) is 0 Å². The number of rotatable bonds is 2. The molecule has 1 nitrogen and oxygen atoms in total. The van der Waals surface area contributed by atoms with E-state index in [1.807, 2.05) is 17.4 Å². The summed E-state index contributed by atoms with van der Waals surface area (Å²) in [4.78, 5) is 1.30. The average molecular weight is 290 g/mol. The fourth-order valence-corrected chi connectivity index (χ4v) is 3.71. The van der Waals surface area contributed by atoms with Crippen molar-refractivity contribution in [3.63, 3.8) is 0 Å². The molecule has 4 rings (SSSR count). The molecule has 0 aliphatic rings. The lowest BCUT2D eigenvalue weighted by Gasteiger charge is -2.01. The van der Waals surface area contributed by atoms with Crippen molar-refractivity contribution in [3.05, 3.63) is 66.7 Å². The lowest BCUT2D eigenvalue weighted by Crippen LogP contribution is -1.79. The van der Waals surface area contributed by atoms with Gasteiger partial charge in [-0.3, -0.25) is 0 Å². The second-order valence-corrected chi connectivity index (χ2v) is 6.16. The van der Waals surface area contributed by atoms with Gasteiger partial charge in [0.1, 0.15) is 5.75 Å². The van der Waals surface area contributed by atoms with E-state index in [-0.39, 0.29) is 0 Å². The molecule has 1 heterocycles. The first-order valence-electron chi connectivity index (χ1n) is 6.90. The van der Waals surface area contributed by atoms with Gasteiger partial charge in [0.15, 0.2) is 0 Å². The largest absolute Gasteiger partial charge is 0.497 e. The molecule has 0 saturated carbocycles. The van der Waals surface area contributed by atoms with Crippen LogP contribution in [0.1, 0.15) is 0 Å². The van der Waals surface area contributed by atoms with E-state index in [1.54, 1.807) is 7.11 Å². The van der Waals surface area contributed by atoms with Crippen LogP contribution >= 0.6 is 11.3 Å². The summed E-state index contributed by atoms with van der Waals surface area (Å²) >= 11 is 1.81. The lowest BCUT2D eigenvalue weighted by atomic mass is 10.1. The molecule has 0 spiro atoms. The molecular weight excluding hydrogens is 276 g/mol. The van der Waals surface area contributed by atoms with Gasteiger partial charge in [-0.25, -0.2) is 0 Å². The lowest BCUT2D eigenvalue weighted by molar-refractivity contribution is 0.415. The molecule has 4 aromatic rings. The Kier molecular flexibility index (Phi) is 2.90. The van der Waals surface area contributed by atoms with Gasteiger partial charge in [0.05, 0.1) is 7.11 Å². The summed E-state index contributed by atoms with van der Waals surface area (Å²) in [7, 11) is 1.71. The maximum atomic E-state index is 5.30. The summed E-state index contributed by atoms with van der Waals surface area (Å²) in [6, 6.07) is 23.6. The second-order valence-electron chi connectivity index (χ2n) is 5.08. The van der Waals surface area contributed by atoms with E-state index in [4.69, 9.17) is 4.74 Å². The molecule has 3 aromatic carbocycles. The quantitative estimate of drug-likeness (QED) is 0.458. The molecule has 0 fully saturated rings. The van der Waals surface area contributed by atoms with Gasteiger partial charge in [-0.15, -0.1) is 11.3 Å². The topological polar surface area (TPSA) is 9.23 Å². The van der Waals surface area contributed by atoms with Crippen LogP contribution in [0.4, 0.5) is 0 Å². The molecule has 2 heteroatoms. The van der Waals surface area contributed by atoms with E-state index in [0.29, 0.717) is 0 Å². The Morgan fingerprint density at radius 1 is 0.762 bits per heavy atom. The minimum absolute atomic E-state index is 0.911. The third kappa shape index (κ3) is 2.18. The Labute approximate surface area is 127 Å². The SMILES string of the molecule is COc1ccc2cc(-c3ccc4ccccc4c3)sc2c1. The van der Waals surface area contributed by atoms with Gasteiger partial charge < -0.3 is 4.74 Å². The predicted octanol–water partition coefficient (Wildman–Crippen LogP) is 5.73. The van der Waals surface area contributed by atoms with E-state index in [9.17, 15) is 0 Å². The standard InChI is InChI=1S/C19H14OS/c1-20-17-9-8-16-11-18(21-19(16)12-17)15-7-6-13-4-2-3-5-14(13)10-15/h2-12H,1H3. The molecule has 0 bridgehead atoms. The van der Waals surface area contributed by atoms with Gasteiger partial charge in [-0.05, 0) is 52.1 Å². The molecule has 102 valence electrons. The van der Waals surface area contributed by atoms with Gasteiger partial charge in [0.25, 0.3) is 0 Å². The van der Waals surface area contributed by atoms with Crippen LogP contribution in [-0.2, 0) is 0 Å². The fraction of sp³-hybridized carbons (Fsp3) is 0.0526. The van der Waals surface area contributed by atoms with Gasteiger partial charge in [0, 0.05) is 9.58 Å². The Morgan fingerprint density at radius 2 is 1.57 bits per heavy atom. The maximum absolute atomic E-state index is 5.30. The van der Waals surface area contributed by atoms with Crippen molar-refractivity contribution in [2.24, 2.45) is 0 Å². The van der Waals surface area contributed by atoms with Crippen molar-refractivity contribution < 1.29 is 4.74 Å². The summed E-state index contributed by atoms with van der Waals surface area (Å²) in [5.41, 5.74) is 1.27. The third-order valence-corrected chi connectivity index (χ3v) is 4.91. The highest BCUT2D eigenvalue weighted by Crippen LogP contribution is 2.36. The summed E-state index contributed by atoms with van der Waals surface area (Å²) in [6.07, 6.45) is 0. The second kappa shape index (κ2) is 4.90. The molecular formula is C19H14OS. The van der Waals surface area contributed by atoms with Crippen molar-refractivity contribution in [2.45, 2.75) is 0 Å². The predicted molar refractivity (Wildman–Crippen MR) is 91.3 cm³/mol. The Hall–Kier alpha value is -2.32. The zero-order valence-corrected chi connectivity index (χ0v) is 12.5. The Balaban J connectivity index is 1.87. The van der Waals surface area contributed by atoms with Crippen molar-refractivity contribution >= 4 is 32.2 Å². The molecule has 0 saturated heterocycles. The van der Waals surface area contributed by atoms with E-state index < -0.39 is 0 Å². The van der Waals surface area contributed by atoms with Gasteiger partial charge in [0.2, 0.25) is 0 Å². The third-order valence-electron chi connectivity index (χ3n) is 3.76. The fourth-order valence-electron chi connectivity index (χ4n) is 2.62. The number of benzene rings is 3. The van der Waals surface area contributed by atoms with E-state index in [2.05, 4.69) is 60.7 Å². The van der Waals surface area contributed by atoms with Gasteiger partial charge in [-0.2, -0.15) is 0 Å². The molecule has 0 unspecified atom stereocenters. The van der Waals surface area contributed by atoms with Crippen LogP contribution < -0.4 is 4.74 Å². The number of hydrogen-bond acceptors (Lipinski definition) is 2. The molecule has 0 radical (unpaired) electrons. The highest BCUT2D eigenvalue weighted by molar-refractivity contribution is 7.22. The molecule has 21 heavy (non-hydrogen) atoms. The number of ether oxygens (including phenoxy) is 1. The first-order valence-corrected chi connectivity index (χ1v) is 7.72. The first kappa shape index (κ1) is 12.4. The van der Waals surface area contributed by atoms with Crippen molar-refractivity contribution in [1.29, 1.82) is 0 Å². The molecule has 1 aromatic heterocycles. The first-order chi connectivity index (χ1) is 10.3. The van der Waals surface area contributed by atoms with Crippen molar-refractivity contribution in [1.82, 2.24) is 0 Å².